The van der Waals surface area contributed by atoms with Crippen molar-refractivity contribution >= 4 is 50.5 Å². The van der Waals surface area contributed by atoms with E-state index in [0.29, 0.717) is 6.07 Å². The summed E-state index contributed by atoms with van der Waals surface area (Å²) in [5.41, 5.74) is -0.858. The third-order valence-electron chi connectivity index (χ3n) is 4.22. The Morgan fingerprint density at radius 3 is 2.26 bits per heavy atom. The number of carbonyl (C=O) groups is 2. The number of halogens is 4. The van der Waals surface area contributed by atoms with Gasteiger partial charge in [-0.1, -0.05) is 17.7 Å². The molecule has 3 rings (SSSR count). The number of aromatic nitrogens is 1. The van der Waals surface area contributed by atoms with Crippen LogP contribution < -0.4 is 15.4 Å². The van der Waals surface area contributed by atoms with Crippen molar-refractivity contribution in [1.29, 1.82) is 0 Å². The molecule has 0 aliphatic heterocycles. The lowest BCUT2D eigenvalue weighted by molar-refractivity contribution is -0.137. The number of anilines is 3. The van der Waals surface area contributed by atoms with Gasteiger partial charge in [0, 0.05) is 11.3 Å². The van der Waals surface area contributed by atoms with Crippen molar-refractivity contribution in [3.63, 3.8) is 0 Å². The molecular weight excluding hydrogens is 497 g/mol. The minimum absolute atomic E-state index is 0.0351. The fourth-order valence-corrected chi connectivity index (χ4v) is 3.54. The first-order valence-electron chi connectivity index (χ1n) is 9.34. The molecule has 13 heteroatoms. The molecule has 0 saturated heterocycles. The number of nitrogens with one attached hydrogen (secondary N) is 3. The first-order valence-corrected chi connectivity index (χ1v) is 11.6. The van der Waals surface area contributed by atoms with Crippen LogP contribution in [0.3, 0.4) is 0 Å². The maximum Gasteiger partial charge on any atom is 0.416 e. The maximum absolute atomic E-state index is 12.9. The fourth-order valence-electron chi connectivity index (χ4n) is 2.79. The number of pyridine rings is 1. The molecule has 34 heavy (non-hydrogen) atoms. The SMILES string of the molecule is CS(=O)(=O)Nc1cncc(NC(=O)c2cc(NC(=O)c3cccc(C(F)(F)F)c3)ccc2Cl)c1. The van der Waals surface area contributed by atoms with Gasteiger partial charge in [0.25, 0.3) is 11.8 Å². The number of amides is 2. The number of nitrogens with zero attached hydrogens (tertiary/aromatic N) is 1. The zero-order valence-electron chi connectivity index (χ0n) is 17.3. The van der Waals surface area contributed by atoms with Crippen molar-refractivity contribution in [3.05, 3.63) is 82.6 Å². The van der Waals surface area contributed by atoms with Crippen LogP contribution in [-0.4, -0.2) is 31.5 Å². The molecule has 0 fully saturated rings. The zero-order chi connectivity index (χ0) is 25.1. The van der Waals surface area contributed by atoms with Crippen LogP contribution in [0.2, 0.25) is 5.02 Å². The quantitative estimate of drug-likeness (QED) is 0.445. The topological polar surface area (TPSA) is 117 Å². The first kappa shape index (κ1) is 25.0. The molecule has 1 aromatic heterocycles. The first-order chi connectivity index (χ1) is 15.8. The predicted octanol–water partition coefficient (Wildman–Crippen LogP) is 4.63. The number of rotatable bonds is 6. The summed E-state index contributed by atoms with van der Waals surface area (Å²) in [6.07, 6.45) is -1.13. The molecule has 8 nitrogen and oxygen atoms in total. The van der Waals surface area contributed by atoms with E-state index in [1.165, 1.54) is 42.7 Å². The van der Waals surface area contributed by atoms with Gasteiger partial charge in [0.2, 0.25) is 10.0 Å². The largest absolute Gasteiger partial charge is 0.416 e. The molecule has 0 spiro atoms. The van der Waals surface area contributed by atoms with Gasteiger partial charge in [-0.3, -0.25) is 19.3 Å². The van der Waals surface area contributed by atoms with E-state index in [9.17, 15) is 31.2 Å². The van der Waals surface area contributed by atoms with E-state index in [2.05, 4.69) is 20.3 Å². The van der Waals surface area contributed by atoms with E-state index in [4.69, 9.17) is 11.6 Å². The Balaban J connectivity index is 1.78. The van der Waals surface area contributed by atoms with Gasteiger partial charge in [-0.15, -0.1) is 0 Å². The van der Waals surface area contributed by atoms with Crippen molar-refractivity contribution in [2.45, 2.75) is 6.18 Å². The van der Waals surface area contributed by atoms with Gasteiger partial charge >= 0.3 is 6.18 Å². The van der Waals surface area contributed by atoms with Crippen LogP contribution in [0.1, 0.15) is 26.3 Å². The smallest absolute Gasteiger partial charge is 0.322 e. The molecule has 0 unspecified atom stereocenters. The molecular formula is C21H16ClF3N4O4S. The lowest BCUT2D eigenvalue weighted by Gasteiger charge is -2.12. The third-order valence-corrected chi connectivity index (χ3v) is 5.16. The van der Waals surface area contributed by atoms with Crippen molar-refractivity contribution in [3.8, 4) is 0 Å². The van der Waals surface area contributed by atoms with Crippen molar-refractivity contribution < 1.29 is 31.2 Å². The maximum atomic E-state index is 12.9. The van der Waals surface area contributed by atoms with E-state index in [1.807, 2.05) is 0 Å². The van der Waals surface area contributed by atoms with Crippen molar-refractivity contribution in [2.24, 2.45) is 0 Å². The van der Waals surface area contributed by atoms with Gasteiger partial charge in [0.05, 0.1) is 46.2 Å². The summed E-state index contributed by atoms with van der Waals surface area (Å²) in [5, 5.41) is 4.96. The highest BCUT2D eigenvalue weighted by Gasteiger charge is 2.31. The average molecular weight is 513 g/mol. The molecule has 0 saturated carbocycles. The lowest BCUT2D eigenvalue weighted by atomic mass is 10.1. The summed E-state index contributed by atoms with van der Waals surface area (Å²) in [7, 11) is -3.56. The van der Waals surface area contributed by atoms with Crippen molar-refractivity contribution in [2.75, 3.05) is 21.6 Å². The molecule has 0 aliphatic rings. The fraction of sp³-hybridized carbons (Fsp3) is 0.0952. The van der Waals surface area contributed by atoms with Gasteiger partial charge < -0.3 is 10.6 Å². The Morgan fingerprint density at radius 2 is 1.59 bits per heavy atom. The summed E-state index contributed by atoms with van der Waals surface area (Å²) >= 11 is 6.09. The summed E-state index contributed by atoms with van der Waals surface area (Å²) in [4.78, 5) is 29.0. The number of sulfonamides is 1. The Bertz CT molecular complexity index is 1360. The molecule has 178 valence electrons. The number of benzene rings is 2. The van der Waals surface area contributed by atoms with E-state index in [-0.39, 0.29) is 33.2 Å². The van der Waals surface area contributed by atoms with Crippen LogP contribution in [0, 0.1) is 0 Å². The second-order valence-electron chi connectivity index (χ2n) is 7.02. The molecule has 2 amide bonds. The van der Waals surface area contributed by atoms with E-state index < -0.39 is 33.6 Å². The van der Waals surface area contributed by atoms with Crippen LogP contribution in [-0.2, 0) is 16.2 Å². The minimum atomic E-state index is -4.61. The molecule has 1 heterocycles. The standard InChI is InChI=1S/C21H16ClF3N4O4S/c1-34(32,33)29-16-8-15(10-26-11-16)28-20(31)17-9-14(5-6-18(17)22)27-19(30)12-3-2-4-13(7-12)21(23,24)25/h2-11,29H,1H3,(H,27,30)(H,28,31). The summed E-state index contributed by atoms with van der Waals surface area (Å²) in [6, 6.07) is 9.17. The Kier molecular flexibility index (Phi) is 7.12. The summed E-state index contributed by atoms with van der Waals surface area (Å²) in [6.45, 7) is 0. The van der Waals surface area contributed by atoms with Crippen LogP contribution in [0.4, 0.5) is 30.2 Å². The minimum Gasteiger partial charge on any atom is -0.322 e. The average Bonchev–Trinajstić information content (AvgIpc) is 2.73. The number of hydrogen-bond acceptors (Lipinski definition) is 5. The van der Waals surface area contributed by atoms with Crippen LogP contribution in [0.25, 0.3) is 0 Å². The second kappa shape index (κ2) is 9.69. The predicted molar refractivity (Wildman–Crippen MR) is 122 cm³/mol. The van der Waals surface area contributed by atoms with Gasteiger partial charge in [0.15, 0.2) is 0 Å². The zero-order valence-corrected chi connectivity index (χ0v) is 18.8. The van der Waals surface area contributed by atoms with Gasteiger partial charge in [0.1, 0.15) is 0 Å². The number of carbonyl (C=O) groups excluding carboxylic acids is 2. The summed E-state index contributed by atoms with van der Waals surface area (Å²) in [5.74, 6) is -1.51. The Labute approximate surface area is 197 Å². The molecule has 0 atom stereocenters. The normalized spacial score (nSPS) is 11.6. The second-order valence-corrected chi connectivity index (χ2v) is 9.17. The van der Waals surface area contributed by atoms with E-state index >= 15 is 0 Å². The molecule has 2 aromatic carbocycles. The van der Waals surface area contributed by atoms with E-state index in [0.717, 1.165) is 18.4 Å². The molecule has 3 aromatic rings. The molecule has 0 radical (unpaired) electrons. The van der Waals surface area contributed by atoms with Crippen LogP contribution >= 0.6 is 11.6 Å². The Hall–Kier alpha value is -3.64. The molecule has 0 bridgehead atoms. The third kappa shape index (κ3) is 6.68. The number of alkyl halides is 3. The van der Waals surface area contributed by atoms with Crippen LogP contribution in [0.15, 0.2) is 60.9 Å². The van der Waals surface area contributed by atoms with Crippen molar-refractivity contribution in [1.82, 2.24) is 4.98 Å². The highest BCUT2D eigenvalue weighted by atomic mass is 35.5. The van der Waals surface area contributed by atoms with Gasteiger partial charge in [-0.05, 0) is 42.5 Å². The lowest BCUT2D eigenvalue weighted by Crippen LogP contribution is -2.16. The monoisotopic (exact) mass is 512 g/mol. The molecule has 0 aliphatic carbocycles. The van der Waals surface area contributed by atoms with Gasteiger partial charge in [-0.2, -0.15) is 13.2 Å². The highest BCUT2D eigenvalue weighted by Crippen LogP contribution is 2.30. The number of hydrogen-bond donors (Lipinski definition) is 3. The van der Waals surface area contributed by atoms with Crippen LogP contribution in [0.5, 0.6) is 0 Å². The van der Waals surface area contributed by atoms with Gasteiger partial charge in [-0.25, -0.2) is 8.42 Å². The Morgan fingerprint density at radius 1 is 0.912 bits per heavy atom. The van der Waals surface area contributed by atoms with E-state index in [1.54, 1.807) is 0 Å². The summed E-state index contributed by atoms with van der Waals surface area (Å²) < 4.78 is 63.6. The molecule has 3 N–H and O–H groups in total. The highest BCUT2D eigenvalue weighted by molar-refractivity contribution is 7.92.